The van der Waals surface area contributed by atoms with Gasteiger partial charge in [-0.3, -0.25) is 0 Å². The number of rotatable bonds is 7. The fourth-order valence-electron chi connectivity index (χ4n) is 2.06. The van der Waals surface area contributed by atoms with Gasteiger partial charge in [0.05, 0.1) is 0 Å². The number of hydrogen-bond donors (Lipinski definition) is 1. The molecule has 0 aromatic heterocycles. The fraction of sp³-hybridized carbons (Fsp3) is 0.571. The van der Waals surface area contributed by atoms with Gasteiger partial charge in [-0.25, -0.2) is 0 Å². The third-order valence-corrected chi connectivity index (χ3v) is 2.97. The molecule has 0 aliphatic heterocycles. The molecule has 2 heteroatoms. The molecule has 1 unspecified atom stereocenters. The SMILES string of the molecule is CCNCC(CC)N(CC)c1ccccc1. The van der Waals surface area contributed by atoms with E-state index in [1.54, 1.807) is 0 Å². The van der Waals surface area contributed by atoms with Gasteiger partial charge in [-0.05, 0) is 32.0 Å². The standard InChI is InChI=1S/C14H24N2/c1-4-13(12-15-5-2)16(6-3)14-10-8-7-9-11-14/h7-11,13,15H,4-6,12H2,1-3H3. The van der Waals surface area contributed by atoms with Crippen molar-refractivity contribution < 1.29 is 0 Å². The first-order valence-corrected chi connectivity index (χ1v) is 6.35. The van der Waals surface area contributed by atoms with Crippen molar-refractivity contribution in [2.45, 2.75) is 33.2 Å². The highest BCUT2D eigenvalue weighted by molar-refractivity contribution is 5.47. The van der Waals surface area contributed by atoms with E-state index in [0.717, 1.165) is 19.6 Å². The lowest BCUT2D eigenvalue weighted by Gasteiger charge is -2.32. The zero-order valence-electron chi connectivity index (χ0n) is 10.7. The summed E-state index contributed by atoms with van der Waals surface area (Å²) in [7, 11) is 0. The Morgan fingerprint density at radius 3 is 2.31 bits per heavy atom. The molecule has 1 atom stereocenters. The summed E-state index contributed by atoms with van der Waals surface area (Å²) in [5.74, 6) is 0. The van der Waals surface area contributed by atoms with Gasteiger partial charge in [-0.1, -0.05) is 32.0 Å². The Morgan fingerprint density at radius 1 is 1.12 bits per heavy atom. The van der Waals surface area contributed by atoms with Crippen molar-refractivity contribution >= 4 is 5.69 Å². The van der Waals surface area contributed by atoms with Crippen molar-refractivity contribution in [3.8, 4) is 0 Å². The van der Waals surface area contributed by atoms with E-state index in [-0.39, 0.29) is 0 Å². The molecule has 2 nitrogen and oxygen atoms in total. The van der Waals surface area contributed by atoms with Crippen LogP contribution in [0.1, 0.15) is 27.2 Å². The number of benzene rings is 1. The molecule has 1 aromatic carbocycles. The first-order valence-electron chi connectivity index (χ1n) is 6.35. The molecule has 0 aliphatic rings. The molecule has 0 aliphatic carbocycles. The second-order valence-corrected chi connectivity index (χ2v) is 3.99. The van der Waals surface area contributed by atoms with Gasteiger partial charge in [0, 0.05) is 24.8 Å². The summed E-state index contributed by atoms with van der Waals surface area (Å²) in [6.45, 7) is 9.81. The highest BCUT2D eigenvalue weighted by Crippen LogP contribution is 2.17. The van der Waals surface area contributed by atoms with Gasteiger partial charge in [-0.15, -0.1) is 0 Å². The minimum Gasteiger partial charge on any atom is -0.368 e. The second kappa shape index (κ2) is 7.29. The fourth-order valence-corrected chi connectivity index (χ4v) is 2.06. The van der Waals surface area contributed by atoms with Crippen molar-refractivity contribution in [1.82, 2.24) is 5.32 Å². The Morgan fingerprint density at radius 2 is 1.81 bits per heavy atom. The maximum Gasteiger partial charge on any atom is 0.0411 e. The Kier molecular flexibility index (Phi) is 5.94. The zero-order chi connectivity index (χ0) is 11.8. The average Bonchev–Trinajstić information content (AvgIpc) is 2.35. The molecule has 0 saturated heterocycles. The van der Waals surface area contributed by atoms with Crippen molar-refractivity contribution in [3.05, 3.63) is 30.3 Å². The maximum absolute atomic E-state index is 3.44. The minimum atomic E-state index is 0.590. The average molecular weight is 220 g/mol. The quantitative estimate of drug-likeness (QED) is 0.760. The third-order valence-electron chi connectivity index (χ3n) is 2.97. The van der Waals surface area contributed by atoms with Crippen LogP contribution in [0.2, 0.25) is 0 Å². The largest absolute Gasteiger partial charge is 0.368 e. The van der Waals surface area contributed by atoms with Crippen LogP contribution in [0.5, 0.6) is 0 Å². The molecule has 1 N–H and O–H groups in total. The summed E-state index contributed by atoms with van der Waals surface area (Å²) >= 11 is 0. The molecule has 0 fully saturated rings. The number of hydrogen-bond acceptors (Lipinski definition) is 2. The van der Waals surface area contributed by atoms with E-state index >= 15 is 0 Å². The predicted molar refractivity (Wildman–Crippen MR) is 72.1 cm³/mol. The van der Waals surface area contributed by atoms with Crippen LogP contribution in [-0.2, 0) is 0 Å². The topological polar surface area (TPSA) is 15.3 Å². The van der Waals surface area contributed by atoms with E-state index in [1.807, 2.05) is 0 Å². The molecule has 1 rings (SSSR count). The van der Waals surface area contributed by atoms with Crippen molar-refractivity contribution in [3.63, 3.8) is 0 Å². The maximum atomic E-state index is 3.44. The van der Waals surface area contributed by atoms with E-state index < -0.39 is 0 Å². The molecule has 90 valence electrons. The van der Waals surface area contributed by atoms with E-state index in [4.69, 9.17) is 0 Å². The van der Waals surface area contributed by atoms with Crippen LogP contribution in [0.3, 0.4) is 0 Å². The lowest BCUT2D eigenvalue weighted by atomic mass is 10.1. The van der Waals surface area contributed by atoms with Gasteiger partial charge in [0.25, 0.3) is 0 Å². The Hall–Kier alpha value is -1.02. The molecule has 0 spiro atoms. The summed E-state index contributed by atoms with van der Waals surface area (Å²) in [5.41, 5.74) is 1.33. The summed E-state index contributed by atoms with van der Waals surface area (Å²) in [4.78, 5) is 2.47. The first kappa shape index (κ1) is 13.0. The van der Waals surface area contributed by atoms with Crippen LogP contribution in [0.15, 0.2) is 30.3 Å². The van der Waals surface area contributed by atoms with Crippen LogP contribution in [0.25, 0.3) is 0 Å². The van der Waals surface area contributed by atoms with Gasteiger partial charge >= 0.3 is 0 Å². The summed E-state index contributed by atoms with van der Waals surface area (Å²) in [6.07, 6.45) is 1.18. The van der Waals surface area contributed by atoms with Crippen LogP contribution >= 0.6 is 0 Å². The zero-order valence-corrected chi connectivity index (χ0v) is 10.7. The number of nitrogens with zero attached hydrogens (tertiary/aromatic N) is 1. The normalized spacial score (nSPS) is 12.4. The van der Waals surface area contributed by atoms with E-state index in [0.29, 0.717) is 6.04 Å². The Balaban J connectivity index is 2.71. The third kappa shape index (κ3) is 3.53. The van der Waals surface area contributed by atoms with Gasteiger partial charge in [-0.2, -0.15) is 0 Å². The van der Waals surface area contributed by atoms with Crippen LogP contribution in [0.4, 0.5) is 5.69 Å². The van der Waals surface area contributed by atoms with Crippen molar-refractivity contribution in [1.29, 1.82) is 0 Å². The molecule has 1 aromatic rings. The highest BCUT2D eigenvalue weighted by Gasteiger charge is 2.14. The molecule has 0 amide bonds. The minimum absolute atomic E-state index is 0.590. The molecule has 16 heavy (non-hydrogen) atoms. The monoisotopic (exact) mass is 220 g/mol. The van der Waals surface area contributed by atoms with Crippen LogP contribution < -0.4 is 10.2 Å². The smallest absolute Gasteiger partial charge is 0.0411 e. The van der Waals surface area contributed by atoms with E-state index in [9.17, 15) is 0 Å². The van der Waals surface area contributed by atoms with Crippen LogP contribution in [-0.4, -0.2) is 25.7 Å². The highest BCUT2D eigenvalue weighted by atomic mass is 15.2. The lowest BCUT2D eigenvalue weighted by Crippen LogP contribution is -2.42. The van der Waals surface area contributed by atoms with Crippen LogP contribution in [0, 0.1) is 0 Å². The molecular formula is C14H24N2. The lowest BCUT2D eigenvalue weighted by molar-refractivity contribution is 0.534. The number of anilines is 1. The van der Waals surface area contributed by atoms with Gasteiger partial charge in [0.15, 0.2) is 0 Å². The molecular weight excluding hydrogens is 196 g/mol. The molecule has 0 heterocycles. The molecule has 0 saturated carbocycles. The van der Waals surface area contributed by atoms with Gasteiger partial charge in [0.2, 0.25) is 0 Å². The first-order chi connectivity index (χ1) is 7.83. The summed E-state index contributed by atoms with van der Waals surface area (Å²) in [6, 6.07) is 11.3. The van der Waals surface area contributed by atoms with E-state index in [2.05, 4.69) is 61.3 Å². The Labute approximate surface area is 99.7 Å². The molecule has 0 radical (unpaired) electrons. The van der Waals surface area contributed by atoms with Crippen molar-refractivity contribution in [2.24, 2.45) is 0 Å². The second-order valence-electron chi connectivity index (χ2n) is 3.99. The van der Waals surface area contributed by atoms with Gasteiger partial charge in [0.1, 0.15) is 0 Å². The van der Waals surface area contributed by atoms with E-state index in [1.165, 1.54) is 12.1 Å². The Bertz CT molecular complexity index is 271. The number of likely N-dealkylation sites (N-methyl/N-ethyl adjacent to an activating group) is 2. The predicted octanol–water partition coefficient (Wildman–Crippen LogP) is 2.90. The summed E-state index contributed by atoms with van der Waals surface area (Å²) in [5, 5.41) is 3.44. The van der Waals surface area contributed by atoms with Gasteiger partial charge < -0.3 is 10.2 Å². The molecule has 0 bridgehead atoms. The van der Waals surface area contributed by atoms with Crippen molar-refractivity contribution in [2.75, 3.05) is 24.5 Å². The number of nitrogens with one attached hydrogen (secondary N) is 1. The summed E-state index contributed by atoms with van der Waals surface area (Å²) < 4.78 is 0. The number of para-hydroxylation sites is 1.